The lowest BCUT2D eigenvalue weighted by Gasteiger charge is -2.38. The first kappa shape index (κ1) is 10.7. The van der Waals surface area contributed by atoms with Gasteiger partial charge in [0.25, 0.3) is 0 Å². The van der Waals surface area contributed by atoms with E-state index in [-0.39, 0.29) is 0 Å². The normalized spacial score (nSPS) is 34.4. The van der Waals surface area contributed by atoms with E-state index in [4.69, 9.17) is 0 Å². The first-order valence-electron chi connectivity index (χ1n) is 6.27. The summed E-state index contributed by atoms with van der Waals surface area (Å²) in [6.45, 7) is 1.19. The maximum atomic E-state index is 3.72. The van der Waals surface area contributed by atoms with E-state index in [1.54, 1.807) is 0 Å². The zero-order valence-corrected chi connectivity index (χ0v) is 10.4. The van der Waals surface area contributed by atoms with Crippen molar-refractivity contribution in [1.82, 2.24) is 5.32 Å². The minimum absolute atomic E-state index is 0.546. The second kappa shape index (κ2) is 4.42. The molecule has 2 aliphatic rings. The number of benzene rings is 1. The molecule has 2 aliphatic heterocycles. The van der Waals surface area contributed by atoms with Gasteiger partial charge in [-0.3, -0.25) is 0 Å². The van der Waals surface area contributed by atoms with Gasteiger partial charge in [0.1, 0.15) is 0 Å². The van der Waals surface area contributed by atoms with Crippen molar-refractivity contribution >= 4 is 11.8 Å². The van der Waals surface area contributed by atoms with E-state index in [0.29, 0.717) is 11.5 Å². The molecular formula is C14H19NS. The highest BCUT2D eigenvalue weighted by atomic mass is 32.2. The number of hydrogen-bond acceptors (Lipinski definition) is 2. The Hall–Kier alpha value is -0.470. The molecule has 3 rings (SSSR count). The van der Waals surface area contributed by atoms with Crippen molar-refractivity contribution in [3.8, 4) is 0 Å². The van der Waals surface area contributed by atoms with Gasteiger partial charge < -0.3 is 5.32 Å². The summed E-state index contributed by atoms with van der Waals surface area (Å²) in [5, 5.41) is 3.72. The van der Waals surface area contributed by atoms with E-state index in [9.17, 15) is 0 Å². The van der Waals surface area contributed by atoms with Gasteiger partial charge in [-0.15, -0.1) is 0 Å². The largest absolute Gasteiger partial charge is 0.309 e. The molecule has 2 atom stereocenters. The zero-order valence-electron chi connectivity index (χ0n) is 9.61. The van der Waals surface area contributed by atoms with E-state index in [1.165, 1.54) is 42.9 Å². The molecule has 2 heterocycles. The number of hydrogen-bond donors (Lipinski definition) is 1. The van der Waals surface area contributed by atoms with Crippen LogP contribution in [0.25, 0.3) is 0 Å². The highest BCUT2D eigenvalue weighted by Gasteiger charge is 2.44. The minimum atomic E-state index is 0.546. The lowest BCUT2D eigenvalue weighted by molar-refractivity contribution is 0.259. The highest BCUT2D eigenvalue weighted by Crippen LogP contribution is 2.49. The maximum Gasteiger partial charge on any atom is 0.0385 e. The van der Waals surface area contributed by atoms with Gasteiger partial charge in [0.15, 0.2) is 0 Å². The van der Waals surface area contributed by atoms with Gasteiger partial charge in [0.05, 0.1) is 0 Å². The Morgan fingerprint density at radius 3 is 2.81 bits per heavy atom. The van der Waals surface area contributed by atoms with Crippen LogP contribution >= 0.6 is 11.8 Å². The van der Waals surface area contributed by atoms with Crippen LogP contribution in [0.15, 0.2) is 30.3 Å². The van der Waals surface area contributed by atoms with E-state index in [2.05, 4.69) is 47.4 Å². The van der Waals surface area contributed by atoms with Gasteiger partial charge in [-0.25, -0.2) is 0 Å². The number of nitrogens with one attached hydrogen (secondary N) is 1. The molecule has 2 heteroatoms. The summed E-state index contributed by atoms with van der Waals surface area (Å²) < 4.78 is 0. The van der Waals surface area contributed by atoms with Crippen molar-refractivity contribution in [2.45, 2.75) is 25.3 Å². The molecule has 0 radical (unpaired) electrons. The van der Waals surface area contributed by atoms with Gasteiger partial charge in [-0.05, 0) is 37.1 Å². The van der Waals surface area contributed by atoms with Gasteiger partial charge in [0, 0.05) is 17.2 Å². The Morgan fingerprint density at radius 2 is 2.06 bits per heavy atom. The Morgan fingerprint density at radius 1 is 1.19 bits per heavy atom. The van der Waals surface area contributed by atoms with Crippen LogP contribution in [0, 0.1) is 5.41 Å². The molecule has 2 fully saturated rings. The first-order valence-corrected chi connectivity index (χ1v) is 7.42. The number of thioether (sulfide) groups is 1. The van der Waals surface area contributed by atoms with Crippen molar-refractivity contribution in [3.63, 3.8) is 0 Å². The molecule has 0 aromatic heterocycles. The molecule has 86 valence electrons. The Kier molecular flexibility index (Phi) is 2.95. The smallest absolute Gasteiger partial charge is 0.0385 e. The van der Waals surface area contributed by atoms with Crippen molar-refractivity contribution in [1.29, 1.82) is 0 Å². The van der Waals surface area contributed by atoms with E-state index >= 15 is 0 Å². The first-order chi connectivity index (χ1) is 7.91. The highest BCUT2D eigenvalue weighted by molar-refractivity contribution is 7.99. The van der Waals surface area contributed by atoms with Crippen molar-refractivity contribution in [3.05, 3.63) is 35.9 Å². The molecule has 0 aliphatic carbocycles. The molecule has 0 amide bonds. The van der Waals surface area contributed by atoms with E-state index < -0.39 is 0 Å². The zero-order chi connectivity index (χ0) is 10.8. The fourth-order valence-electron chi connectivity index (χ4n) is 3.24. The molecule has 2 saturated heterocycles. The van der Waals surface area contributed by atoms with Crippen LogP contribution in [0.1, 0.15) is 30.9 Å². The van der Waals surface area contributed by atoms with Crippen LogP contribution in [-0.4, -0.2) is 18.1 Å². The molecule has 1 aromatic carbocycles. The molecule has 1 aromatic rings. The lowest BCUT2D eigenvalue weighted by atomic mass is 9.75. The molecule has 2 unspecified atom stereocenters. The molecule has 1 spiro atoms. The van der Waals surface area contributed by atoms with Gasteiger partial charge >= 0.3 is 0 Å². The van der Waals surface area contributed by atoms with Crippen LogP contribution in [0.2, 0.25) is 0 Å². The summed E-state index contributed by atoms with van der Waals surface area (Å²) in [5.74, 6) is 2.71. The monoisotopic (exact) mass is 233 g/mol. The third-order valence-corrected chi connectivity index (χ3v) is 5.43. The van der Waals surface area contributed by atoms with Gasteiger partial charge in [-0.1, -0.05) is 30.3 Å². The van der Waals surface area contributed by atoms with Gasteiger partial charge in [0.2, 0.25) is 0 Å². The summed E-state index contributed by atoms with van der Waals surface area (Å²) in [7, 11) is 0. The second-order valence-corrected chi connectivity index (χ2v) is 6.17. The summed E-state index contributed by atoms with van der Waals surface area (Å²) in [4.78, 5) is 0. The summed E-state index contributed by atoms with van der Waals surface area (Å²) in [5.41, 5.74) is 2.03. The maximum absolute atomic E-state index is 3.72. The summed E-state index contributed by atoms with van der Waals surface area (Å²) in [6.07, 6.45) is 4.17. The minimum Gasteiger partial charge on any atom is -0.309 e. The molecular weight excluding hydrogens is 214 g/mol. The second-order valence-electron chi connectivity index (χ2n) is 5.07. The fourth-order valence-corrected chi connectivity index (χ4v) is 4.60. The van der Waals surface area contributed by atoms with E-state index in [1.807, 2.05) is 0 Å². The third-order valence-electron chi connectivity index (χ3n) is 4.07. The van der Waals surface area contributed by atoms with Crippen LogP contribution in [0.3, 0.4) is 0 Å². The molecule has 1 nitrogen and oxygen atoms in total. The topological polar surface area (TPSA) is 12.0 Å². The van der Waals surface area contributed by atoms with Crippen molar-refractivity contribution < 1.29 is 0 Å². The van der Waals surface area contributed by atoms with Gasteiger partial charge in [-0.2, -0.15) is 11.8 Å². The average Bonchev–Trinajstić information content (AvgIpc) is 2.75. The SMILES string of the molecule is c1ccc(C2NCCC23CCCSC3)cc1. The Balaban J connectivity index is 1.89. The van der Waals surface area contributed by atoms with Crippen molar-refractivity contribution in [2.24, 2.45) is 5.41 Å². The Bertz CT molecular complexity index is 343. The lowest BCUT2D eigenvalue weighted by Crippen LogP contribution is -2.33. The molecule has 1 N–H and O–H groups in total. The van der Waals surface area contributed by atoms with E-state index in [0.717, 1.165) is 0 Å². The quantitative estimate of drug-likeness (QED) is 0.799. The Labute approximate surface area is 102 Å². The molecule has 16 heavy (non-hydrogen) atoms. The number of rotatable bonds is 1. The van der Waals surface area contributed by atoms with Crippen LogP contribution in [0.4, 0.5) is 0 Å². The van der Waals surface area contributed by atoms with Crippen LogP contribution < -0.4 is 5.32 Å². The molecule has 0 bridgehead atoms. The predicted molar refractivity (Wildman–Crippen MR) is 70.8 cm³/mol. The van der Waals surface area contributed by atoms with Crippen LogP contribution in [0.5, 0.6) is 0 Å². The van der Waals surface area contributed by atoms with Crippen molar-refractivity contribution in [2.75, 3.05) is 18.1 Å². The average molecular weight is 233 g/mol. The summed E-state index contributed by atoms with van der Waals surface area (Å²) in [6, 6.07) is 11.6. The standard InChI is InChI=1S/C14H19NS/c1-2-5-12(6-3-1)13-14(8-9-15-13)7-4-10-16-11-14/h1-3,5-6,13,15H,4,7-11H2. The van der Waals surface area contributed by atoms with Crippen LogP contribution in [-0.2, 0) is 0 Å². The summed E-state index contributed by atoms with van der Waals surface area (Å²) >= 11 is 2.15. The fraction of sp³-hybridized carbons (Fsp3) is 0.571. The third kappa shape index (κ3) is 1.78. The molecule has 0 saturated carbocycles. The predicted octanol–water partition coefficient (Wildman–Crippen LogP) is 3.23.